The van der Waals surface area contributed by atoms with Crippen LogP contribution >= 0.6 is 0 Å². The van der Waals surface area contributed by atoms with Gasteiger partial charge in [-0.25, -0.2) is 4.79 Å². The summed E-state index contributed by atoms with van der Waals surface area (Å²) >= 11 is 0. The number of nitro benzene ring substituents is 1. The molecule has 0 aliphatic carbocycles. The zero-order valence-electron chi connectivity index (χ0n) is 17.3. The van der Waals surface area contributed by atoms with Gasteiger partial charge >= 0.3 is 5.76 Å². The number of hydrogen-bond acceptors (Lipinski definition) is 7. The lowest BCUT2D eigenvalue weighted by atomic mass is 10.1. The Bertz CT molecular complexity index is 1320. The van der Waals surface area contributed by atoms with Crippen LogP contribution in [-0.4, -0.2) is 39.0 Å². The lowest BCUT2D eigenvalue weighted by molar-refractivity contribution is -0.384. The fraction of sp³-hybridized carbons (Fsp3) is 0.227. The van der Waals surface area contributed by atoms with Crippen molar-refractivity contribution < 1.29 is 18.7 Å². The largest absolute Gasteiger partial charge is 0.420 e. The number of aromatic nitrogens is 2. The van der Waals surface area contributed by atoms with Crippen molar-refractivity contribution in [2.75, 3.05) is 13.6 Å². The van der Waals surface area contributed by atoms with Crippen LogP contribution in [0.25, 0.3) is 22.4 Å². The standard InChI is InChI=1S/C22H20N4O6/c1-24(11-5-8-17-13-18(23-32-17)15-6-3-2-4-7-15)21(27)14-25-19-10-9-16(26(29)30)12-20(19)31-22(25)28/h2-4,6-7,9-10,12-13H,5,8,11,14H2,1H3. The summed E-state index contributed by atoms with van der Waals surface area (Å²) in [4.78, 5) is 36.6. The first-order valence-electron chi connectivity index (χ1n) is 9.95. The minimum atomic E-state index is -0.739. The molecule has 0 saturated heterocycles. The molecule has 164 valence electrons. The highest BCUT2D eigenvalue weighted by molar-refractivity contribution is 5.80. The van der Waals surface area contributed by atoms with Gasteiger partial charge in [0, 0.05) is 37.7 Å². The predicted octanol–water partition coefficient (Wildman–Crippen LogP) is 3.25. The Hall–Kier alpha value is -4.21. The summed E-state index contributed by atoms with van der Waals surface area (Å²) in [6, 6.07) is 15.4. The number of carbonyl (C=O) groups is 1. The van der Waals surface area contributed by atoms with Crippen molar-refractivity contribution in [3.05, 3.63) is 81.0 Å². The number of benzene rings is 2. The van der Waals surface area contributed by atoms with E-state index in [0.717, 1.165) is 17.0 Å². The van der Waals surface area contributed by atoms with Crippen LogP contribution in [-0.2, 0) is 17.8 Å². The maximum absolute atomic E-state index is 12.6. The van der Waals surface area contributed by atoms with Gasteiger partial charge in [0.25, 0.3) is 5.69 Å². The second-order valence-electron chi connectivity index (χ2n) is 7.33. The molecule has 2 aromatic heterocycles. The minimum Gasteiger partial charge on any atom is -0.407 e. The Morgan fingerprint density at radius 2 is 1.97 bits per heavy atom. The van der Waals surface area contributed by atoms with Crippen LogP contribution in [0.3, 0.4) is 0 Å². The van der Waals surface area contributed by atoms with E-state index in [1.165, 1.54) is 27.7 Å². The summed E-state index contributed by atoms with van der Waals surface area (Å²) in [5, 5.41) is 15.0. The van der Waals surface area contributed by atoms with Crippen LogP contribution < -0.4 is 5.76 Å². The van der Waals surface area contributed by atoms with E-state index in [-0.39, 0.29) is 23.7 Å². The third kappa shape index (κ3) is 4.43. The molecule has 1 amide bonds. The summed E-state index contributed by atoms with van der Waals surface area (Å²) in [6.45, 7) is 0.233. The molecule has 0 atom stereocenters. The maximum atomic E-state index is 12.6. The normalized spacial score (nSPS) is 11.0. The molecule has 0 bridgehead atoms. The Morgan fingerprint density at radius 1 is 1.19 bits per heavy atom. The van der Waals surface area contributed by atoms with Gasteiger partial charge in [-0.15, -0.1) is 0 Å². The van der Waals surface area contributed by atoms with Crippen molar-refractivity contribution >= 4 is 22.7 Å². The lowest BCUT2D eigenvalue weighted by Crippen LogP contribution is -2.33. The molecule has 0 fully saturated rings. The first kappa shape index (κ1) is 21.0. The number of amides is 1. The molecule has 4 aromatic rings. The van der Waals surface area contributed by atoms with Crippen LogP contribution in [0.15, 0.2) is 68.3 Å². The zero-order chi connectivity index (χ0) is 22.7. The average molecular weight is 436 g/mol. The van der Waals surface area contributed by atoms with Gasteiger partial charge in [0.05, 0.1) is 16.5 Å². The molecule has 4 rings (SSSR count). The first-order valence-corrected chi connectivity index (χ1v) is 9.95. The third-order valence-corrected chi connectivity index (χ3v) is 5.13. The van der Waals surface area contributed by atoms with E-state index < -0.39 is 10.7 Å². The van der Waals surface area contributed by atoms with E-state index in [0.29, 0.717) is 24.9 Å². The summed E-state index contributed by atoms with van der Waals surface area (Å²) in [6.07, 6.45) is 1.26. The van der Waals surface area contributed by atoms with Crippen molar-refractivity contribution in [2.24, 2.45) is 0 Å². The minimum absolute atomic E-state index is 0.0687. The van der Waals surface area contributed by atoms with Gasteiger partial charge in [0.2, 0.25) is 5.91 Å². The van der Waals surface area contributed by atoms with Gasteiger partial charge in [-0.05, 0) is 12.5 Å². The van der Waals surface area contributed by atoms with E-state index in [1.807, 2.05) is 36.4 Å². The zero-order valence-corrected chi connectivity index (χ0v) is 17.3. The fourth-order valence-electron chi connectivity index (χ4n) is 3.37. The van der Waals surface area contributed by atoms with E-state index in [1.54, 1.807) is 7.05 Å². The third-order valence-electron chi connectivity index (χ3n) is 5.13. The molecule has 0 N–H and O–H groups in total. The number of likely N-dealkylation sites (N-methyl/N-ethyl adjacent to an activating group) is 1. The summed E-state index contributed by atoms with van der Waals surface area (Å²) in [5.41, 5.74) is 1.94. The van der Waals surface area contributed by atoms with Gasteiger partial charge in [-0.1, -0.05) is 35.5 Å². The molecule has 2 heterocycles. The summed E-state index contributed by atoms with van der Waals surface area (Å²) in [5.74, 6) is -0.295. The molecular formula is C22H20N4O6. The van der Waals surface area contributed by atoms with Crippen molar-refractivity contribution in [2.45, 2.75) is 19.4 Å². The number of aryl methyl sites for hydroxylation is 1. The maximum Gasteiger partial charge on any atom is 0.420 e. The van der Waals surface area contributed by atoms with E-state index in [9.17, 15) is 19.7 Å². The van der Waals surface area contributed by atoms with Crippen LogP contribution in [0, 0.1) is 10.1 Å². The molecule has 0 unspecified atom stereocenters. The Balaban J connectivity index is 1.35. The number of rotatable bonds is 8. The highest BCUT2D eigenvalue weighted by Gasteiger charge is 2.18. The molecule has 0 aliphatic heterocycles. The number of nitrogens with zero attached hydrogens (tertiary/aromatic N) is 4. The van der Waals surface area contributed by atoms with Crippen LogP contribution in [0.1, 0.15) is 12.2 Å². The highest BCUT2D eigenvalue weighted by atomic mass is 16.6. The molecule has 0 radical (unpaired) electrons. The van der Waals surface area contributed by atoms with Gasteiger partial charge in [-0.3, -0.25) is 19.5 Å². The second-order valence-corrected chi connectivity index (χ2v) is 7.33. The molecule has 0 spiro atoms. The predicted molar refractivity (Wildman–Crippen MR) is 115 cm³/mol. The van der Waals surface area contributed by atoms with Crippen LogP contribution in [0.5, 0.6) is 0 Å². The second kappa shape index (κ2) is 8.88. The fourth-order valence-corrected chi connectivity index (χ4v) is 3.37. The van der Waals surface area contributed by atoms with Crippen LogP contribution in [0.4, 0.5) is 5.69 Å². The van der Waals surface area contributed by atoms with Crippen molar-refractivity contribution in [3.63, 3.8) is 0 Å². The SMILES string of the molecule is CN(CCCc1cc(-c2ccccc2)no1)C(=O)Cn1c(=O)oc2cc([N+](=O)[O-])ccc21. The van der Waals surface area contributed by atoms with Gasteiger partial charge in [0.1, 0.15) is 18.0 Å². The van der Waals surface area contributed by atoms with E-state index >= 15 is 0 Å². The van der Waals surface area contributed by atoms with Crippen LogP contribution in [0.2, 0.25) is 0 Å². The topological polar surface area (TPSA) is 125 Å². The number of carbonyl (C=O) groups excluding carboxylic acids is 1. The number of oxazole rings is 1. The Morgan fingerprint density at radius 3 is 2.72 bits per heavy atom. The number of nitro groups is 1. The summed E-state index contributed by atoms with van der Waals surface area (Å²) < 4.78 is 11.6. The Kier molecular flexibility index (Phi) is 5.84. The molecule has 10 nitrogen and oxygen atoms in total. The van der Waals surface area contributed by atoms with Crippen molar-refractivity contribution in [3.8, 4) is 11.3 Å². The first-order chi connectivity index (χ1) is 15.4. The van der Waals surface area contributed by atoms with E-state index in [2.05, 4.69) is 5.16 Å². The highest BCUT2D eigenvalue weighted by Crippen LogP contribution is 2.21. The smallest absolute Gasteiger partial charge is 0.407 e. The van der Waals surface area contributed by atoms with Gasteiger partial charge in [-0.2, -0.15) is 0 Å². The molecule has 10 heteroatoms. The molecule has 2 aromatic carbocycles. The molecule has 0 saturated carbocycles. The number of hydrogen-bond donors (Lipinski definition) is 0. The monoisotopic (exact) mass is 436 g/mol. The molecular weight excluding hydrogens is 416 g/mol. The quantitative estimate of drug-likeness (QED) is 0.307. The van der Waals surface area contributed by atoms with E-state index in [4.69, 9.17) is 8.94 Å². The number of non-ortho nitro benzene ring substituents is 1. The van der Waals surface area contributed by atoms with Crippen molar-refractivity contribution in [1.82, 2.24) is 14.6 Å². The molecule has 32 heavy (non-hydrogen) atoms. The Labute approximate surface area is 181 Å². The lowest BCUT2D eigenvalue weighted by Gasteiger charge is -2.16. The van der Waals surface area contributed by atoms with Gasteiger partial charge in [0.15, 0.2) is 5.58 Å². The molecule has 0 aliphatic rings. The number of fused-ring (bicyclic) bond motifs is 1. The van der Waals surface area contributed by atoms with Crippen molar-refractivity contribution in [1.29, 1.82) is 0 Å². The average Bonchev–Trinajstić information content (AvgIpc) is 3.38. The van der Waals surface area contributed by atoms with Gasteiger partial charge < -0.3 is 13.8 Å². The summed E-state index contributed by atoms with van der Waals surface area (Å²) in [7, 11) is 1.65.